The Morgan fingerprint density at radius 1 is 1.12 bits per heavy atom. The summed E-state index contributed by atoms with van der Waals surface area (Å²) in [6.45, 7) is 3.27. The molecule has 0 bridgehead atoms. The lowest BCUT2D eigenvalue weighted by atomic mass is 10.2. The van der Waals surface area contributed by atoms with E-state index < -0.39 is 24.9 Å². The third kappa shape index (κ3) is 5.80. The first kappa shape index (κ1) is 16.8. The molecule has 0 heterocycles. The fourth-order valence-electron chi connectivity index (χ4n) is 1.68. The first-order valence-electron chi connectivity index (χ1n) is 5.46. The minimum atomic E-state index is -3.88. The average Bonchev–Trinajstić information content (AvgIpc) is 2.14. The molecule has 0 aromatic heterocycles. The molecule has 0 amide bonds. The highest BCUT2D eigenvalue weighted by Crippen LogP contribution is 2.15. The van der Waals surface area contributed by atoms with Crippen molar-refractivity contribution >= 4 is 19.9 Å². The van der Waals surface area contributed by atoms with Gasteiger partial charge < -0.3 is 5.11 Å². The van der Waals surface area contributed by atoms with Crippen LogP contribution in [0.4, 0.5) is 0 Å². The third-order valence-corrected chi connectivity index (χ3v) is 6.49. The predicted octanol–water partition coefficient (Wildman–Crippen LogP) is -0.199. The van der Waals surface area contributed by atoms with Crippen LogP contribution in [0.1, 0.15) is 26.7 Å². The van der Waals surface area contributed by atoms with E-state index in [1.807, 2.05) is 13.8 Å². The molecule has 17 heavy (non-hydrogen) atoms. The summed E-state index contributed by atoms with van der Waals surface area (Å²) in [4.78, 5) is 0. The van der Waals surface area contributed by atoms with Crippen molar-refractivity contribution in [1.29, 1.82) is 0 Å². The molecule has 0 saturated heterocycles. The molecule has 1 N–H and O–H groups in total. The maximum absolute atomic E-state index is 11.9. The molecule has 6 nitrogen and oxygen atoms in total. The Balaban J connectivity index is 5.17. The van der Waals surface area contributed by atoms with Gasteiger partial charge in [0.2, 0.25) is 10.0 Å². The third-order valence-electron chi connectivity index (χ3n) is 2.39. The Morgan fingerprint density at radius 3 is 1.88 bits per heavy atom. The summed E-state index contributed by atoms with van der Waals surface area (Å²) < 4.78 is 47.1. The Kier molecular flexibility index (Phi) is 6.60. The molecule has 0 rings (SSSR count). The molecule has 104 valence electrons. The zero-order chi connectivity index (χ0) is 13.7. The van der Waals surface area contributed by atoms with Gasteiger partial charge in [-0.15, -0.1) is 0 Å². The fourth-order valence-corrected chi connectivity index (χ4v) is 5.50. The Morgan fingerprint density at radius 2 is 1.59 bits per heavy atom. The molecule has 8 heteroatoms. The quantitative estimate of drug-likeness (QED) is 0.667. The van der Waals surface area contributed by atoms with Crippen molar-refractivity contribution in [1.82, 2.24) is 4.31 Å². The van der Waals surface area contributed by atoms with Crippen LogP contribution in [-0.4, -0.2) is 56.8 Å². The van der Waals surface area contributed by atoms with Gasteiger partial charge in [-0.2, -0.15) is 4.31 Å². The zero-order valence-corrected chi connectivity index (χ0v) is 12.1. The van der Waals surface area contributed by atoms with Crippen molar-refractivity contribution in [2.45, 2.75) is 32.7 Å². The van der Waals surface area contributed by atoms with E-state index in [9.17, 15) is 16.8 Å². The van der Waals surface area contributed by atoms with Gasteiger partial charge in [0.15, 0.2) is 14.9 Å². The van der Waals surface area contributed by atoms with Crippen molar-refractivity contribution in [3.05, 3.63) is 0 Å². The molecule has 0 aliphatic rings. The average molecular weight is 287 g/mol. The van der Waals surface area contributed by atoms with Crippen LogP contribution >= 0.6 is 0 Å². The number of hydrogen-bond acceptors (Lipinski definition) is 5. The highest BCUT2D eigenvalue weighted by Gasteiger charge is 2.30. The van der Waals surface area contributed by atoms with Gasteiger partial charge in [0.05, 0.1) is 6.61 Å². The first-order chi connectivity index (χ1) is 7.68. The van der Waals surface area contributed by atoms with E-state index in [1.165, 1.54) is 0 Å². The van der Waals surface area contributed by atoms with Crippen LogP contribution in [-0.2, 0) is 19.9 Å². The summed E-state index contributed by atoms with van der Waals surface area (Å²) in [6, 6.07) is -0.270. The van der Waals surface area contributed by atoms with Gasteiger partial charge in [-0.1, -0.05) is 13.8 Å². The smallest absolute Gasteiger partial charge is 0.228 e. The minimum absolute atomic E-state index is 0.0653. The maximum atomic E-state index is 11.9. The van der Waals surface area contributed by atoms with Gasteiger partial charge in [-0.05, 0) is 12.8 Å². The Bertz CT molecular complexity index is 411. The van der Waals surface area contributed by atoms with Gasteiger partial charge in [0.1, 0.15) is 0 Å². The molecular formula is C9H21NO5S2. The lowest BCUT2D eigenvalue weighted by molar-refractivity contribution is 0.220. The second-order valence-corrected chi connectivity index (χ2v) is 8.39. The summed E-state index contributed by atoms with van der Waals surface area (Å²) in [5, 5.41) is 7.98. The van der Waals surface area contributed by atoms with Crippen molar-refractivity contribution in [3.8, 4) is 0 Å². The summed E-state index contributed by atoms with van der Waals surface area (Å²) in [7, 11) is -7.49. The molecule has 0 aromatic carbocycles. The fraction of sp³-hybridized carbons (Fsp3) is 1.00. The number of sulfone groups is 1. The van der Waals surface area contributed by atoms with Crippen molar-refractivity contribution in [3.63, 3.8) is 0 Å². The van der Waals surface area contributed by atoms with E-state index in [2.05, 4.69) is 0 Å². The van der Waals surface area contributed by atoms with Crippen molar-refractivity contribution in [2.24, 2.45) is 0 Å². The molecule has 0 saturated carbocycles. The van der Waals surface area contributed by atoms with Crippen molar-refractivity contribution in [2.75, 3.05) is 24.5 Å². The topological polar surface area (TPSA) is 91.8 Å². The normalized spacial score (nSPS) is 13.5. The number of rotatable bonds is 8. The van der Waals surface area contributed by atoms with E-state index in [0.29, 0.717) is 12.8 Å². The van der Waals surface area contributed by atoms with Crippen LogP contribution in [0.3, 0.4) is 0 Å². The Labute approximate surface area is 104 Å². The van der Waals surface area contributed by atoms with Gasteiger partial charge in [0.25, 0.3) is 0 Å². The van der Waals surface area contributed by atoms with Crippen LogP contribution in [0.15, 0.2) is 0 Å². The summed E-state index contributed by atoms with van der Waals surface area (Å²) in [5.74, 6) is 0. The number of aliphatic hydroxyl groups excluding tert-OH is 1. The highest BCUT2D eigenvalue weighted by molar-refractivity contribution is 8.06. The highest BCUT2D eigenvalue weighted by atomic mass is 32.3. The zero-order valence-electron chi connectivity index (χ0n) is 10.5. The lowest BCUT2D eigenvalue weighted by Crippen LogP contribution is -2.43. The van der Waals surface area contributed by atoms with E-state index >= 15 is 0 Å². The molecule has 0 aliphatic carbocycles. The minimum Gasteiger partial charge on any atom is -0.395 e. The second-order valence-electron chi connectivity index (χ2n) is 3.96. The van der Waals surface area contributed by atoms with Crippen molar-refractivity contribution < 1.29 is 21.9 Å². The summed E-state index contributed by atoms with van der Waals surface area (Å²) in [6.07, 6.45) is 2.05. The SMILES string of the molecule is CCC(CC)N(CCO)S(=O)(=O)CS(C)(=O)=O. The monoisotopic (exact) mass is 287 g/mol. The van der Waals surface area contributed by atoms with E-state index in [0.717, 1.165) is 10.6 Å². The number of nitrogens with zero attached hydrogens (tertiary/aromatic N) is 1. The molecular weight excluding hydrogens is 266 g/mol. The standard InChI is InChI=1S/C9H21NO5S2/c1-4-9(5-2)10(6-7-11)17(14,15)8-16(3,12)13/h9,11H,4-8H2,1-3H3. The molecule has 0 atom stereocenters. The molecule has 0 unspecified atom stereocenters. The molecule has 0 aromatic rings. The van der Waals surface area contributed by atoms with Crippen LogP contribution in [0, 0.1) is 0 Å². The van der Waals surface area contributed by atoms with Crippen LogP contribution in [0.5, 0.6) is 0 Å². The van der Waals surface area contributed by atoms with Gasteiger partial charge in [-0.3, -0.25) is 0 Å². The van der Waals surface area contributed by atoms with Crippen LogP contribution in [0.2, 0.25) is 0 Å². The first-order valence-corrected chi connectivity index (χ1v) is 9.13. The van der Waals surface area contributed by atoms with Crippen LogP contribution in [0.25, 0.3) is 0 Å². The maximum Gasteiger partial charge on any atom is 0.228 e. The van der Waals surface area contributed by atoms with E-state index in [4.69, 9.17) is 5.11 Å². The number of aliphatic hydroxyl groups is 1. The van der Waals surface area contributed by atoms with E-state index in [1.54, 1.807) is 0 Å². The van der Waals surface area contributed by atoms with Gasteiger partial charge >= 0.3 is 0 Å². The molecule has 0 radical (unpaired) electrons. The predicted molar refractivity (Wildman–Crippen MR) is 66.8 cm³/mol. The second kappa shape index (κ2) is 6.67. The van der Waals surface area contributed by atoms with Crippen LogP contribution < -0.4 is 0 Å². The Hall–Kier alpha value is -0.180. The lowest BCUT2D eigenvalue weighted by Gasteiger charge is -2.28. The summed E-state index contributed by atoms with van der Waals surface area (Å²) >= 11 is 0. The number of hydrogen-bond donors (Lipinski definition) is 1. The van der Waals surface area contributed by atoms with Gasteiger partial charge in [-0.25, -0.2) is 16.8 Å². The largest absolute Gasteiger partial charge is 0.395 e. The summed E-state index contributed by atoms with van der Waals surface area (Å²) in [5.41, 5.74) is 0. The number of sulfonamides is 1. The molecule has 0 aliphatic heterocycles. The molecule has 0 fully saturated rings. The van der Waals surface area contributed by atoms with E-state index in [-0.39, 0.29) is 19.2 Å². The molecule has 0 spiro atoms. The van der Waals surface area contributed by atoms with Gasteiger partial charge in [0, 0.05) is 18.8 Å².